The zero-order valence-corrected chi connectivity index (χ0v) is 19.9. The molecule has 1 aliphatic rings. The van der Waals surface area contributed by atoms with Gasteiger partial charge in [-0.05, 0) is 63.3 Å². The molecule has 0 spiro atoms. The van der Waals surface area contributed by atoms with E-state index in [0.717, 1.165) is 28.4 Å². The number of nitrogens with two attached hydrogens (primary N) is 1. The molecule has 1 aromatic carbocycles. The average Bonchev–Trinajstić information content (AvgIpc) is 3.34. The van der Waals surface area contributed by atoms with Gasteiger partial charge in [0.1, 0.15) is 0 Å². The van der Waals surface area contributed by atoms with Crippen molar-refractivity contribution in [3.05, 3.63) is 30.6 Å². The van der Waals surface area contributed by atoms with Crippen molar-refractivity contribution < 1.29 is 5.11 Å². The number of hydrogen-bond acceptors (Lipinski definition) is 10. The van der Waals surface area contributed by atoms with Gasteiger partial charge in [-0.3, -0.25) is 4.31 Å². The molecule has 0 radical (unpaired) electrons. The van der Waals surface area contributed by atoms with Crippen LogP contribution in [0.15, 0.2) is 40.4 Å². The van der Waals surface area contributed by atoms with Crippen molar-refractivity contribution in [2.75, 3.05) is 38.0 Å². The quantitative estimate of drug-likeness (QED) is 0.366. The van der Waals surface area contributed by atoms with Gasteiger partial charge < -0.3 is 16.2 Å². The summed E-state index contributed by atoms with van der Waals surface area (Å²) in [5.41, 5.74) is 6.30. The fourth-order valence-corrected chi connectivity index (χ4v) is 5.35. The summed E-state index contributed by atoms with van der Waals surface area (Å²) in [6.45, 7) is 0.270. The first-order valence-electron chi connectivity index (χ1n) is 9.73. The number of aliphatic hydroxyl groups is 1. The number of nitrogen functional groups attached to an aromatic ring is 1. The Morgan fingerprint density at radius 3 is 2.67 bits per heavy atom. The summed E-state index contributed by atoms with van der Waals surface area (Å²) in [6, 6.07) is 6.76. The second-order valence-corrected chi connectivity index (χ2v) is 10.5. The van der Waals surface area contributed by atoms with E-state index in [4.69, 9.17) is 5.73 Å². The SMILES string of the molecule is CN(C)Sc1ccc2nc(NC3CCCC3CO)sc2c1.CSc1cnc(N)nc1. The fraction of sp³-hybridized carbons (Fsp3) is 0.450. The molecule has 2 atom stereocenters. The summed E-state index contributed by atoms with van der Waals surface area (Å²) in [5, 5.41) is 13.9. The third kappa shape index (κ3) is 6.45. The van der Waals surface area contributed by atoms with E-state index in [0.29, 0.717) is 17.9 Å². The molecule has 10 heteroatoms. The molecule has 4 N–H and O–H groups in total. The Morgan fingerprint density at radius 1 is 1.23 bits per heavy atom. The van der Waals surface area contributed by atoms with E-state index in [9.17, 15) is 5.11 Å². The van der Waals surface area contributed by atoms with E-state index in [2.05, 4.69) is 42.8 Å². The predicted octanol–water partition coefficient (Wildman–Crippen LogP) is 4.22. The van der Waals surface area contributed by atoms with Crippen molar-refractivity contribution in [2.24, 2.45) is 5.92 Å². The zero-order valence-electron chi connectivity index (χ0n) is 17.4. The highest BCUT2D eigenvalue weighted by atomic mass is 32.2. The lowest BCUT2D eigenvalue weighted by molar-refractivity contribution is 0.222. The minimum Gasteiger partial charge on any atom is -0.396 e. The monoisotopic (exact) mass is 464 g/mol. The van der Waals surface area contributed by atoms with E-state index in [1.165, 1.54) is 16.0 Å². The second kappa shape index (κ2) is 11.1. The van der Waals surface area contributed by atoms with Crippen molar-refractivity contribution >= 4 is 56.3 Å². The Kier molecular flexibility index (Phi) is 8.58. The van der Waals surface area contributed by atoms with Gasteiger partial charge >= 0.3 is 0 Å². The minimum atomic E-state index is 0.270. The lowest BCUT2D eigenvalue weighted by atomic mass is 10.1. The van der Waals surface area contributed by atoms with E-state index < -0.39 is 0 Å². The third-order valence-corrected chi connectivity index (χ3v) is 7.20. The molecule has 30 heavy (non-hydrogen) atoms. The number of thioether (sulfide) groups is 1. The Balaban J connectivity index is 0.000000239. The van der Waals surface area contributed by atoms with Crippen LogP contribution >= 0.6 is 35.0 Å². The topological polar surface area (TPSA) is 100 Å². The maximum Gasteiger partial charge on any atom is 0.219 e. The molecule has 2 aromatic heterocycles. The van der Waals surface area contributed by atoms with E-state index in [1.807, 2.05) is 20.4 Å². The summed E-state index contributed by atoms with van der Waals surface area (Å²) in [5.74, 6) is 0.699. The zero-order chi connectivity index (χ0) is 21.5. The molecule has 4 rings (SSSR count). The summed E-state index contributed by atoms with van der Waals surface area (Å²) >= 11 is 5.02. The van der Waals surface area contributed by atoms with Gasteiger partial charge in [-0.1, -0.05) is 17.8 Å². The highest BCUT2D eigenvalue weighted by Gasteiger charge is 2.27. The lowest BCUT2D eigenvalue weighted by Crippen LogP contribution is -2.26. The van der Waals surface area contributed by atoms with Crippen molar-refractivity contribution in [2.45, 2.75) is 35.1 Å². The molecule has 162 valence electrons. The first-order chi connectivity index (χ1) is 14.5. The van der Waals surface area contributed by atoms with E-state index >= 15 is 0 Å². The first-order valence-corrected chi connectivity index (χ1v) is 12.5. The summed E-state index contributed by atoms with van der Waals surface area (Å²) in [4.78, 5) is 14.5. The summed E-state index contributed by atoms with van der Waals surface area (Å²) in [6.07, 6.45) is 8.80. The normalized spacial score (nSPS) is 18.4. The molecule has 2 unspecified atom stereocenters. The van der Waals surface area contributed by atoms with Gasteiger partial charge in [0.25, 0.3) is 0 Å². The fourth-order valence-electron chi connectivity index (χ4n) is 3.27. The third-order valence-electron chi connectivity index (χ3n) is 4.73. The minimum absolute atomic E-state index is 0.270. The van der Waals surface area contributed by atoms with Crippen LogP contribution in [0.25, 0.3) is 10.2 Å². The van der Waals surface area contributed by atoms with Crippen LogP contribution in [-0.2, 0) is 0 Å². The lowest BCUT2D eigenvalue weighted by Gasteiger charge is -2.17. The number of nitrogens with one attached hydrogen (secondary N) is 1. The molecule has 7 nitrogen and oxygen atoms in total. The molecule has 0 bridgehead atoms. The molecule has 1 aliphatic carbocycles. The smallest absolute Gasteiger partial charge is 0.219 e. The highest BCUT2D eigenvalue weighted by molar-refractivity contribution is 7.98. The van der Waals surface area contributed by atoms with Gasteiger partial charge in [-0.25, -0.2) is 15.0 Å². The Morgan fingerprint density at radius 2 is 2.00 bits per heavy atom. The van der Waals surface area contributed by atoms with Gasteiger partial charge in [0.2, 0.25) is 5.95 Å². The second-order valence-electron chi connectivity index (χ2n) is 7.16. The largest absolute Gasteiger partial charge is 0.396 e. The Hall–Kier alpha value is -1.59. The molecule has 3 aromatic rings. The van der Waals surface area contributed by atoms with Crippen LogP contribution in [0.3, 0.4) is 0 Å². The Bertz CT molecular complexity index is 934. The number of thiazole rings is 1. The standard InChI is InChI=1S/C15H21N3OS2.C5H7N3S/c1-18(2)21-11-6-7-13-14(8-11)20-15(17-13)16-12-5-3-4-10(12)9-19;1-9-4-2-7-5(6)8-3-4/h6-8,10,12,19H,3-5,9H2,1-2H3,(H,16,17);2-3H,1H3,(H2,6,7,8). The average molecular weight is 465 g/mol. The van der Waals surface area contributed by atoms with Crippen LogP contribution < -0.4 is 11.1 Å². The maximum absolute atomic E-state index is 9.41. The predicted molar refractivity (Wildman–Crippen MR) is 129 cm³/mol. The van der Waals surface area contributed by atoms with Crippen LogP contribution in [0.4, 0.5) is 11.1 Å². The molecule has 2 heterocycles. The number of aromatic nitrogens is 3. The number of benzene rings is 1. The van der Waals surface area contributed by atoms with E-state index in [-0.39, 0.29) is 6.61 Å². The van der Waals surface area contributed by atoms with Gasteiger partial charge in [0.15, 0.2) is 5.13 Å². The van der Waals surface area contributed by atoms with Gasteiger partial charge in [0.05, 0.1) is 10.2 Å². The first kappa shape index (κ1) is 23.1. The van der Waals surface area contributed by atoms with Crippen LogP contribution in [0, 0.1) is 5.92 Å². The molecular weight excluding hydrogens is 436 g/mol. The molecular formula is C20H28N6OS3. The van der Waals surface area contributed by atoms with Crippen molar-refractivity contribution in [1.29, 1.82) is 0 Å². The molecule has 0 saturated heterocycles. The number of nitrogens with zero attached hydrogens (tertiary/aromatic N) is 4. The number of rotatable bonds is 6. The van der Waals surface area contributed by atoms with Crippen molar-refractivity contribution in [3.8, 4) is 0 Å². The molecule has 0 amide bonds. The van der Waals surface area contributed by atoms with Crippen LogP contribution in [0.5, 0.6) is 0 Å². The molecule has 1 saturated carbocycles. The molecule has 0 aliphatic heterocycles. The van der Waals surface area contributed by atoms with Gasteiger partial charge in [-0.2, -0.15) is 0 Å². The van der Waals surface area contributed by atoms with Gasteiger partial charge in [0, 0.05) is 40.8 Å². The molecule has 1 fully saturated rings. The van der Waals surface area contributed by atoms with Crippen LogP contribution in [0.2, 0.25) is 0 Å². The summed E-state index contributed by atoms with van der Waals surface area (Å²) in [7, 11) is 4.09. The Labute approximate surface area is 190 Å². The maximum atomic E-state index is 9.41. The number of anilines is 2. The number of hydrogen-bond donors (Lipinski definition) is 3. The highest BCUT2D eigenvalue weighted by Crippen LogP contribution is 2.33. The van der Waals surface area contributed by atoms with Crippen molar-refractivity contribution in [3.63, 3.8) is 0 Å². The number of aliphatic hydroxyl groups excluding tert-OH is 1. The van der Waals surface area contributed by atoms with Crippen LogP contribution in [-0.4, -0.2) is 57.4 Å². The van der Waals surface area contributed by atoms with E-state index in [1.54, 1.807) is 47.4 Å². The number of fused-ring (bicyclic) bond motifs is 1. The van der Waals surface area contributed by atoms with Crippen LogP contribution in [0.1, 0.15) is 19.3 Å². The van der Waals surface area contributed by atoms with Crippen molar-refractivity contribution in [1.82, 2.24) is 19.3 Å². The van der Waals surface area contributed by atoms with Gasteiger partial charge in [-0.15, -0.1) is 11.8 Å². The summed E-state index contributed by atoms with van der Waals surface area (Å²) < 4.78 is 3.30.